The van der Waals surface area contributed by atoms with Crippen molar-refractivity contribution in [1.29, 1.82) is 0 Å². The van der Waals surface area contributed by atoms with Gasteiger partial charge in [0.1, 0.15) is 11.6 Å². The van der Waals surface area contributed by atoms with Gasteiger partial charge in [0.25, 0.3) is 0 Å². The van der Waals surface area contributed by atoms with E-state index in [-0.39, 0.29) is 0 Å². The van der Waals surface area contributed by atoms with Gasteiger partial charge in [-0.1, -0.05) is 35.5 Å². The summed E-state index contributed by atoms with van der Waals surface area (Å²) in [6.07, 6.45) is 1.86. The molecule has 0 radical (unpaired) electrons. The third kappa shape index (κ3) is 3.03. The highest BCUT2D eigenvalue weighted by Crippen LogP contribution is 2.16. The van der Waals surface area contributed by atoms with E-state index in [0.29, 0.717) is 6.54 Å². The van der Waals surface area contributed by atoms with Crippen molar-refractivity contribution in [2.45, 2.75) is 26.9 Å². The molecule has 5 nitrogen and oxygen atoms in total. The predicted octanol–water partition coefficient (Wildman–Crippen LogP) is 2.97. The average Bonchev–Trinajstić information content (AvgIpc) is 3.10. The number of aromatic amines is 1. The van der Waals surface area contributed by atoms with E-state index in [2.05, 4.69) is 32.6 Å². The lowest BCUT2D eigenvalue weighted by molar-refractivity contribution is 0.392. The first-order valence-electron chi connectivity index (χ1n) is 6.96. The Balaban J connectivity index is 1.61. The molecule has 0 aliphatic heterocycles. The predicted molar refractivity (Wildman–Crippen MR) is 80.5 cm³/mol. The monoisotopic (exact) mass is 282 g/mol. The van der Waals surface area contributed by atoms with Crippen molar-refractivity contribution in [2.24, 2.45) is 0 Å². The van der Waals surface area contributed by atoms with Crippen molar-refractivity contribution in [2.75, 3.05) is 0 Å². The van der Waals surface area contributed by atoms with E-state index in [1.807, 2.05) is 38.2 Å². The molecule has 0 aliphatic carbocycles. The maximum atomic E-state index is 5.15. The lowest BCUT2D eigenvalue weighted by Gasteiger charge is -2.02. The number of benzene rings is 1. The summed E-state index contributed by atoms with van der Waals surface area (Å²) in [6.45, 7) is 5.28. The number of nitrogens with zero attached hydrogens (tertiary/aromatic N) is 2. The molecule has 108 valence electrons. The Kier molecular flexibility index (Phi) is 3.83. The van der Waals surface area contributed by atoms with Crippen LogP contribution in [-0.2, 0) is 13.1 Å². The van der Waals surface area contributed by atoms with Gasteiger partial charge in [-0.2, -0.15) is 0 Å². The molecule has 2 heterocycles. The van der Waals surface area contributed by atoms with Crippen LogP contribution in [-0.4, -0.2) is 15.1 Å². The molecule has 0 unspecified atom stereocenters. The number of H-pyrrole nitrogens is 1. The van der Waals surface area contributed by atoms with Crippen molar-refractivity contribution < 1.29 is 4.52 Å². The first-order valence-corrected chi connectivity index (χ1v) is 6.96. The van der Waals surface area contributed by atoms with Gasteiger partial charge in [0, 0.05) is 12.1 Å². The van der Waals surface area contributed by atoms with Gasteiger partial charge in [-0.25, -0.2) is 4.98 Å². The van der Waals surface area contributed by atoms with Crippen molar-refractivity contribution >= 4 is 0 Å². The van der Waals surface area contributed by atoms with E-state index < -0.39 is 0 Å². The van der Waals surface area contributed by atoms with Crippen LogP contribution in [0.5, 0.6) is 0 Å². The summed E-state index contributed by atoms with van der Waals surface area (Å²) in [5.74, 6) is 1.78. The second kappa shape index (κ2) is 5.93. The lowest BCUT2D eigenvalue weighted by atomic mass is 10.2. The van der Waals surface area contributed by atoms with E-state index >= 15 is 0 Å². The molecule has 3 aromatic rings. The molecule has 0 fully saturated rings. The molecule has 2 aromatic heterocycles. The Morgan fingerprint density at radius 2 is 1.95 bits per heavy atom. The van der Waals surface area contributed by atoms with Crippen LogP contribution in [0.1, 0.15) is 22.8 Å². The number of hydrogen-bond acceptors (Lipinski definition) is 4. The van der Waals surface area contributed by atoms with E-state index in [4.69, 9.17) is 4.52 Å². The smallest absolute Gasteiger partial charge is 0.138 e. The van der Waals surface area contributed by atoms with Crippen LogP contribution in [0.25, 0.3) is 11.3 Å². The minimum atomic E-state index is 0.677. The van der Waals surface area contributed by atoms with Gasteiger partial charge in [0.05, 0.1) is 24.1 Å². The Labute approximate surface area is 123 Å². The number of imidazole rings is 1. The molecule has 1 aromatic carbocycles. The number of rotatable bonds is 5. The molecule has 21 heavy (non-hydrogen) atoms. The maximum absolute atomic E-state index is 5.15. The Morgan fingerprint density at radius 1 is 1.14 bits per heavy atom. The van der Waals surface area contributed by atoms with Gasteiger partial charge in [-0.15, -0.1) is 0 Å². The van der Waals surface area contributed by atoms with E-state index in [0.717, 1.165) is 40.6 Å². The maximum Gasteiger partial charge on any atom is 0.138 e. The number of aromatic nitrogens is 3. The standard InChI is InChI=1S/C16H18N4O/c1-11-14(12(2)21-20-11)8-17-10-16-18-9-15(19-16)13-6-4-3-5-7-13/h3-7,9,17H,8,10H2,1-2H3,(H,18,19). The average molecular weight is 282 g/mol. The minimum absolute atomic E-state index is 0.677. The largest absolute Gasteiger partial charge is 0.361 e. The zero-order valence-electron chi connectivity index (χ0n) is 12.2. The second-order valence-corrected chi connectivity index (χ2v) is 5.02. The van der Waals surface area contributed by atoms with Crippen molar-refractivity contribution in [3.63, 3.8) is 0 Å². The molecule has 0 saturated heterocycles. The fourth-order valence-corrected chi connectivity index (χ4v) is 2.28. The van der Waals surface area contributed by atoms with Gasteiger partial charge in [-0.3, -0.25) is 0 Å². The summed E-state index contributed by atoms with van der Waals surface area (Å²) in [5.41, 5.74) is 4.22. The third-order valence-electron chi connectivity index (χ3n) is 3.49. The van der Waals surface area contributed by atoms with E-state index in [1.165, 1.54) is 0 Å². The Hall–Kier alpha value is -2.40. The molecule has 0 amide bonds. The topological polar surface area (TPSA) is 66.7 Å². The second-order valence-electron chi connectivity index (χ2n) is 5.02. The summed E-state index contributed by atoms with van der Waals surface area (Å²) in [4.78, 5) is 7.73. The zero-order valence-corrected chi connectivity index (χ0v) is 12.2. The number of nitrogens with one attached hydrogen (secondary N) is 2. The van der Waals surface area contributed by atoms with Crippen molar-refractivity contribution in [3.8, 4) is 11.3 Å². The van der Waals surface area contributed by atoms with E-state index in [9.17, 15) is 0 Å². The van der Waals surface area contributed by atoms with Gasteiger partial charge in [0.2, 0.25) is 0 Å². The molecule has 0 saturated carbocycles. The SMILES string of the molecule is Cc1noc(C)c1CNCc1ncc(-c2ccccc2)[nH]1. The zero-order chi connectivity index (χ0) is 14.7. The first kappa shape index (κ1) is 13.6. The van der Waals surface area contributed by atoms with E-state index in [1.54, 1.807) is 0 Å². The van der Waals surface area contributed by atoms with Gasteiger partial charge >= 0.3 is 0 Å². The molecule has 3 rings (SSSR count). The highest BCUT2D eigenvalue weighted by Gasteiger charge is 2.08. The molecule has 0 bridgehead atoms. The number of aryl methyl sites for hydroxylation is 2. The van der Waals surface area contributed by atoms with Gasteiger partial charge in [0.15, 0.2) is 0 Å². The Morgan fingerprint density at radius 3 is 2.67 bits per heavy atom. The van der Waals surface area contributed by atoms with Gasteiger partial charge < -0.3 is 14.8 Å². The van der Waals surface area contributed by atoms with Crippen LogP contribution >= 0.6 is 0 Å². The first-order chi connectivity index (χ1) is 10.2. The highest BCUT2D eigenvalue weighted by molar-refractivity contribution is 5.57. The normalized spacial score (nSPS) is 11.0. The summed E-state index contributed by atoms with van der Waals surface area (Å²) in [5, 5.41) is 7.30. The summed E-state index contributed by atoms with van der Waals surface area (Å²) in [7, 11) is 0. The number of hydrogen-bond donors (Lipinski definition) is 2. The molecular formula is C16H18N4O. The minimum Gasteiger partial charge on any atom is -0.361 e. The summed E-state index contributed by atoms with van der Waals surface area (Å²) >= 11 is 0. The Bertz CT molecular complexity index is 695. The highest BCUT2D eigenvalue weighted by atomic mass is 16.5. The molecule has 2 N–H and O–H groups in total. The fourth-order valence-electron chi connectivity index (χ4n) is 2.28. The van der Waals surface area contributed by atoms with Gasteiger partial charge in [-0.05, 0) is 19.4 Å². The molecule has 0 aliphatic rings. The summed E-state index contributed by atoms with van der Waals surface area (Å²) < 4.78 is 5.15. The third-order valence-corrected chi connectivity index (χ3v) is 3.49. The molecule has 5 heteroatoms. The lowest BCUT2D eigenvalue weighted by Crippen LogP contribution is -2.14. The molecule has 0 atom stereocenters. The summed E-state index contributed by atoms with van der Waals surface area (Å²) in [6, 6.07) is 10.2. The van der Waals surface area contributed by atoms with Crippen LogP contribution in [0.2, 0.25) is 0 Å². The van der Waals surface area contributed by atoms with Crippen LogP contribution in [0.3, 0.4) is 0 Å². The van der Waals surface area contributed by atoms with Crippen LogP contribution < -0.4 is 5.32 Å². The van der Waals surface area contributed by atoms with Crippen LogP contribution in [0.15, 0.2) is 41.1 Å². The quantitative estimate of drug-likeness (QED) is 0.755. The molecule has 0 spiro atoms. The molecular weight excluding hydrogens is 264 g/mol. The van der Waals surface area contributed by atoms with Crippen LogP contribution in [0.4, 0.5) is 0 Å². The van der Waals surface area contributed by atoms with Crippen LogP contribution in [0, 0.1) is 13.8 Å². The van der Waals surface area contributed by atoms with Crippen molar-refractivity contribution in [3.05, 3.63) is 59.4 Å². The fraction of sp³-hybridized carbons (Fsp3) is 0.250. The van der Waals surface area contributed by atoms with Crippen molar-refractivity contribution in [1.82, 2.24) is 20.4 Å².